The maximum atomic E-state index is 6.39. The lowest BCUT2D eigenvalue weighted by atomic mass is 9.96. The first-order valence-corrected chi connectivity index (χ1v) is 19.5. The Morgan fingerprint density at radius 2 is 1.00 bits per heavy atom. The Hall–Kier alpha value is -6.94. The molecule has 2 aromatic heterocycles. The fourth-order valence-corrected chi connectivity index (χ4v) is 9.54. The molecule has 0 aliphatic carbocycles. The number of fused-ring (bicyclic) bond motifs is 7. The van der Waals surface area contributed by atoms with E-state index < -0.39 is 0 Å². The van der Waals surface area contributed by atoms with Gasteiger partial charge in [0.15, 0.2) is 0 Å². The number of furan rings is 1. The quantitative estimate of drug-likeness (QED) is 0.170. The topological polar surface area (TPSA) is 16.4 Å². The summed E-state index contributed by atoms with van der Waals surface area (Å²) in [5, 5.41) is 7.32. The van der Waals surface area contributed by atoms with Gasteiger partial charge in [-0.3, -0.25) is 0 Å². The number of para-hydroxylation sites is 2. The number of rotatable bonds is 6. The van der Waals surface area contributed by atoms with E-state index in [2.05, 4.69) is 199 Å². The predicted molar refractivity (Wildman–Crippen MR) is 235 cm³/mol. The highest BCUT2D eigenvalue weighted by atomic mass is 32.1. The summed E-state index contributed by atoms with van der Waals surface area (Å²) in [4.78, 5) is 2.43. The van der Waals surface area contributed by atoms with Crippen LogP contribution >= 0.6 is 11.3 Å². The summed E-state index contributed by atoms with van der Waals surface area (Å²) in [6.45, 7) is 0. The molecule has 0 spiro atoms. The van der Waals surface area contributed by atoms with Crippen molar-refractivity contribution in [2.75, 3.05) is 4.90 Å². The summed E-state index contributed by atoms with van der Waals surface area (Å²) < 4.78 is 9.01. The second kappa shape index (κ2) is 12.9. The van der Waals surface area contributed by atoms with Crippen LogP contribution in [-0.4, -0.2) is 0 Å². The number of nitrogens with zero attached hydrogens (tertiary/aromatic N) is 1. The highest BCUT2D eigenvalue weighted by Gasteiger charge is 2.21. The highest BCUT2D eigenvalue weighted by molar-refractivity contribution is 7.26. The van der Waals surface area contributed by atoms with Crippen LogP contribution in [0.4, 0.5) is 17.1 Å². The number of benzene rings is 9. The molecule has 3 heteroatoms. The summed E-state index contributed by atoms with van der Waals surface area (Å²) in [6.07, 6.45) is 0. The largest absolute Gasteiger partial charge is 0.456 e. The van der Waals surface area contributed by atoms with Crippen LogP contribution in [0.3, 0.4) is 0 Å². The van der Waals surface area contributed by atoms with Gasteiger partial charge in [0.1, 0.15) is 11.2 Å². The van der Waals surface area contributed by atoms with Crippen molar-refractivity contribution in [3.05, 3.63) is 200 Å². The molecule has 0 atom stereocenters. The van der Waals surface area contributed by atoms with Gasteiger partial charge in [0.05, 0.1) is 5.69 Å². The minimum Gasteiger partial charge on any atom is -0.456 e. The van der Waals surface area contributed by atoms with Crippen molar-refractivity contribution in [3.8, 4) is 33.4 Å². The van der Waals surface area contributed by atoms with E-state index in [9.17, 15) is 0 Å². The van der Waals surface area contributed by atoms with Crippen LogP contribution in [0.5, 0.6) is 0 Å². The van der Waals surface area contributed by atoms with Gasteiger partial charge in [-0.05, 0) is 93.2 Å². The molecule has 11 rings (SSSR count). The molecule has 0 saturated heterocycles. The van der Waals surface area contributed by atoms with Crippen LogP contribution in [0.15, 0.2) is 205 Å². The zero-order valence-corrected chi connectivity index (χ0v) is 30.6. The first-order valence-electron chi connectivity index (χ1n) is 18.7. The van der Waals surface area contributed by atoms with E-state index >= 15 is 0 Å². The molecule has 11 aromatic rings. The third-order valence-electron chi connectivity index (χ3n) is 10.8. The lowest BCUT2D eigenvalue weighted by molar-refractivity contribution is 0.669. The van der Waals surface area contributed by atoms with Crippen LogP contribution in [0, 0.1) is 0 Å². The first-order chi connectivity index (χ1) is 27.3. The molecule has 0 bridgehead atoms. The van der Waals surface area contributed by atoms with Crippen molar-refractivity contribution in [3.63, 3.8) is 0 Å². The normalized spacial score (nSPS) is 11.6. The summed E-state index contributed by atoms with van der Waals surface area (Å²) in [5.41, 5.74) is 12.1. The third-order valence-corrected chi connectivity index (χ3v) is 12.1. The van der Waals surface area contributed by atoms with Gasteiger partial charge < -0.3 is 9.32 Å². The van der Waals surface area contributed by atoms with Crippen LogP contribution in [0.1, 0.15) is 0 Å². The Balaban J connectivity index is 1.14. The summed E-state index contributed by atoms with van der Waals surface area (Å²) >= 11 is 1.87. The first kappa shape index (κ1) is 31.6. The SMILES string of the molecule is c1cc(-c2ccc3ccccc3c2)cc(N(c2cccc(-c3cccc4c3sc3ccccc34)c2)c2ccccc2-c2cccc3oc4ccccc4c23)c1. The van der Waals surface area contributed by atoms with E-state index in [1.54, 1.807) is 0 Å². The number of hydrogen-bond donors (Lipinski definition) is 0. The van der Waals surface area contributed by atoms with E-state index in [1.807, 2.05) is 17.4 Å². The number of hydrogen-bond acceptors (Lipinski definition) is 3. The minimum absolute atomic E-state index is 0.886. The molecule has 2 nitrogen and oxygen atoms in total. The van der Waals surface area contributed by atoms with Gasteiger partial charge in [-0.2, -0.15) is 0 Å². The minimum atomic E-state index is 0.886. The monoisotopic (exact) mass is 719 g/mol. The average Bonchev–Trinajstić information content (AvgIpc) is 3.83. The van der Waals surface area contributed by atoms with Gasteiger partial charge >= 0.3 is 0 Å². The van der Waals surface area contributed by atoms with Gasteiger partial charge in [0, 0.05) is 47.9 Å². The molecular formula is C52H33NOS. The maximum absolute atomic E-state index is 6.39. The van der Waals surface area contributed by atoms with Gasteiger partial charge in [0.25, 0.3) is 0 Å². The van der Waals surface area contributed by atoms with Crippen LogP contribution in [0.2, 0.25) is 0 Å². The Morgan fingerprint density at radius 3 is 1.91 bits per heavy atom. The third kappa shape index (κ3) is 5.32. The van der Waals surface area contributed by atoms with Crippen LogP contribution in [-0.2, 0) is 0 Å². The molecule has 9 aromatic carbocycles. The smallest absolute Gasteiger partial charge is 0.136 e. The molecule has 0 N–H and O–H groups in total. The van der Waals surface area contributed by atoms with E-state index in [1.165, 1.54) is 53.2 Å². The molecule has 0 amide bonds. The van der Waals surface area contributed by atoms with E-state index in [4.69, 9.17) is 4.42 Å². The molecule has 0 unspecified atom stereocenters. The Bertz CT molecular complexity index is 3240. The maximum Gasteiger partial charge on any atom is 0.136 e. The fourth-order valence-electron chi connectivity index (χ4n) is 8.30. The summed E-state index contributed by atoms with van der Waals surface area (Å²) in [6, 6.07) is 72.3. The van der Waals surface area contributed by atoms with Crippen molar-refractivity contribution in [2.24, 2.45) is 0 Å². The summed E-state index contributed by atoms with van der Waals surface area (Å²) in [5.74, 6) is 0. The molecule has 55 heavy (non-hydrogen) atoms. The van der Waals surface area contributed by atoms with Crippen LogP contribution < -0.4 is 4.90 Å². The van der Waals surface area contributed by atoms with Crippen molar-refractivity contribution in [1.29, 1.82) is 0 Å². The van der Waals surface area contributed by atoms with Crippen LogP contribution in [0.25, 0.3) is 86.3 Å². The van der Waals surface area contributed by atoms with Crippen molar-refractivity contribution >= 4 is 81.3 Å². The van der Waals surface area contributed by atoms with Crippen molar-refractivity contribution in [2.45, 2.75) is 0 Å². The number of thiophene rings is 1. The molecule has 258 valence electrons. The standard InChI is InChI=1S/C52H33NOS/c1-2-14-35-31-37(30-29-34(35)13-1)36-15-9-17-39(32-36)53(40-18-10-16-38(33-40)41-22-11-24-45-43-20-5-8-28-50(43)55-52(41)45)47-25-6-3-19-42(47)44-23-12-27-49-51(44)46-21-4-7-26-48(46)54-49/h1-33H. The molecule has 0 aliphatic heterocycles. The average molecular weight is 720 g/mol. The Morgan fingerprint density at radius 1 is 0.382 bits per heavy atom. The highest BCUT2D eigenvalue weighted by Crippen LogP contribution is 2.47. The van der Waals surface area contributed by atoms with Gasteiger partial charge in [-0.15, -0.1) is 11.3 Å². The molecule has 0 fully saturated rings. The predicted octanol–water partition coefficient (Wildman–Crippen LogP) is 15.6. The molecule has 2 heterocycles. The Kier molecular flexibility index (Phi) is 7.39. The lowest BCUT2D eigenvalue weighted by Gasteiger charge is -2.29. The second-order valence-corrected chi connectivity index (χ2v) is 15.1. The van der Waals surface area contributed by atoms with Crippen molar-refractivity contribution < 1.29 is 4.42 Å². The van der Waals surface area contributed by atoms with Gasteiger partial charge in [-0.1, -0.05) is 146 Å². The lowest BCUT2D eigenvalue weighted by Crippen LogP contribution is -2.11. The van der Waals surface area contributed by atoms with E-state index in [0.717, 1.165) is 50.1 Å². The molecule has 0 aliphatic rings. The molecule has 0 radical (unpaired) electrons. The van der Waals surface area contributed by atoms with E-state index in [-0.39, 0.29) is 0 Å². The Labute approximate surface area is 322 Å². The molecular weight excluding hydrogens is 687 g/mol. The molecule has 0 saturated carbocycles. The van der Waals surface area contributed by atoms with Gasteiger partial charge in [0.2, 0.25) is 0 Å². The fraction of sp³-hybridized carbons (Fsp3) is 0. The van der Waals surface area contributed by atoms with E-state index in [0.29, 0.717) is 0 Å². The van der Waals surface area contributed by atoms with Gasteiger partial charge in [-0.25, -0.2) is 0 Å². The zero-order chi connectivity index (χ0) is 36.3. The zero-order valence-electron chi connectivity index (χ0n) is 29.8. The second-order valence-electron chi connectivity index (χ2n) is 14.1. The number of anilines is 3. The van der Waals surface area contributed by atoms with Crippen molar-refractivity contribution in [1.82, 2.24) is 0 Å². The summed E-state index contributed by atoms with van der Waals surface area (Å²) in [7, 11) is 0.